The van der Waals surface area contributed by atoms with Gasteiger partial charge in [-0.15, -0.1) is 0 Å². The molecule has 0 aliphatic carbocycles. The number of nitrogens with zero attached hydrogens (tertiary/aromatic N) is 2. The molecule has 4 heteroatoms. The lowest BCUT2D eigenvalue weighted by Crippen LogP contribution is -2.11. The van der Waals surface area contributed by atoms with Gasteiger partial charge >= 0.3 is 0 Å². The Morgan fingerprint density at radius 1 is 1.54 bits per heavy atom. The van der Waals surface area contributed by atoms with Crippen LogP contribution in [0.25, 0.3) is 5.65 Å². The highest BCUT2D eigenvalue weighted by molar-refractivity contribution is 7.80. The summed E-state index contributed by atoms with van der Waals surface area (Å²) in [7, 11) is 0. The number of hydrogen-bond acceptors (Lipinski definition) is 2. The Balaban J connectivity index is 2.44. The van der Waals surface area contributed by atoms with Gasteiger partial charge < -0.3 is 10.1 Å². The van der Waals surface area contributed by atoms with Crippen LogP contribution in [-0.4, -0.2) is 14.4 Å². The molecule has 0 radical (unpaired) electrons. The van der Waals surface area contributed by atoms with E-state index >= 15 is 0 Å². The molecule has 3 nitrogen and oxygen atoms in total. The van der Waals surface area contributed by atoms with E-state index in [4.69, 9.17) is 18.0 Å². The minimum atomic E-state index is 0.475. The molecule has 0 unspecified atom stereocenters. The first-order chi connectivity index (χ1) is 6.25. The zero-order chi connectivity index (χ0) is 9.26. The second-order valence-corrected chi connectivity index (χ2v) is 3.37. The summed E-state index contributed by atoms with van der Waals surface area (Å²) in [6.07, 6.45) is 4.46. The number of fused-ring (bicyclic) bond motifs is 1. The van der Waals surface area contributed by atoms with Crippen molar-refractivity contribution in [3.8, 4) is 0 Å². The Morgan fingerprint density at radius 2 is 2.38 bits per heavy atom. The normalized spacial score (nSPS) is 10.5. The van der Waals surface area contributed by atoms with Gasteiger partial charge in [0.25, 0.3) is 0 Å². The Morgan fingerprint density at radius 3 is 3.08 bits per heavy atom. The van der Waals surface area contributed by atoms with Crippen molar-refractivity contribution in [2.45, 2.75) is 6.42 Å². The minimum absolute atomic E-state index is 0.475. The van der Waals surface area contributed by atoms with Crippen molar-refractivity contribution < 1.29 is 0 Å². The second-order valence-electron chi connectivity index (χ2n) is 2.84. The Labute approximate surface area is 81.2 Å². The standard InChI is InChI=1S/C9H9N3S/c10-8(13)5-7-6-12-4-2-1-3-9(12)11-7/h1-4,6H,5H2,(H2,10,13). The molecular formula is C9H9N3S. The summed E-state index contributed by atoms with van der Waals surface area (Å²) in [4.78, 5) is 4.82. The van der Waals surface area contributed by atoms with Crippen LogP contribution in [0.1, 0.15) is 5.69 Å². The Kier molecular flexibility index (Phi) is 1.98. The lowest BCUT2D eigenvalue weighted by Gasteiger charge is -1.89. The van der Waals surface area contributed by atoms with Crippen LogP contribution in [0.15, 0.2) is 30.6 Å². The summed E-state index contributed by atoms with van der Waals surface area (Å²) < 4.78 is 1.95. The van der Waals surface area contributed by atoms with E-state index in [1.165, 1.54) is 0 Å². The highest BCUT2D eigenvalue weighted by atomic mass is 32.1. The monoisotopic (exact) mass is 191 g/mol. The number of nitrogens with two attached hydrogens (primary N) is 1. The third-order valence-corrected chi connectivity index (χ3v) is 1.91. The maximum Gasteiger partial charge on any atom is 0.136 e. The number of thiocarbonyl (C=S) groups is 1. The van der Waals surface area contributed by atoms with Crippen LogP contribution in [0.3, 0.4) is 0 Å². The van der Waals surface area contributed by atoms with E-state index in [-0.39, 0.29) is 0 Å². The first-order valence-electron chi connectivity index (χ1n) is 3.96. The third-order valence-electron chi connectivity index (χ3n) is 1.77. The predicted molar refractivity (Wildman–Crippen MR) is 55.7 cm³/mol. The second kappa shape index (κ2) is 3.14. The first-order valence-corrected chi connectivity index (χ1v) is 4.37. The van der Waals surface area contributed by atoms with Gasteiger partial charge in [-0.1, -0.05) is 18.3 Å². The van der Waals surface area contributed by atoms with Crippen molar-refractivity contribution in [3.63, 3.8) is 0 Å². The molecule has 0 amide bonds. The van der Waals surface area contributed by atoms with Gasteiger partial charge in [-0.3, -0.25) is 0 Å². The van der Waals surface area contributed by atoms with Gasteiger partial charge in [0.05, 0.1) is 10.7 Å². The van der Waals surface area contributed by atoms with Crippen LogP contribution in [0, 0.1) is 0 Å². The van der Waals surface area contributed by atoms with Gasteiger partial charge in [0.1, 0.15) is 5.65 Å². The van der Waals surface area contributed by atoms with Crippen molar-refractivity contribution in [1.82, 2.24) is 9.38 Å². The molecular weight excluding hydrogens is 182 g/mol. The summed E-state index contributed by atoms with van der Waals surface area (Å²) in [6, 6.07) is 5.86. The zero-order valence-electron chi connectivity index (χ0n) is 6.97. The molecule has 2 rings (SSSR count). The molecule has 0 bridgehead atoms. The predicted octanol–water partition coefficient (Wildman–Crippen LogP) is 1.16. The van der Waals surface area contributed by atoms with E-state index in [0.717, 1.165) is 11.3 Å². The molecule has 0 aromatic carbocycles. The summed E-state index contributed by atoms with van der Waals surface area (Å²) in [5.74, 6) is 0. The van der Waals surface area contributed by atoms with Crippen LogP contribution >= 0.6 is 12.2 Å². The van der Waals surface area contributed by atoms with Gasteiger partial charge in [-0.25, -0.2) is 4.98 Å². The molecule has 2 N–H and O–H groups in total. The van der Waals surface area contributed by atoms with E-state index < -0.39 is 0 Å². The number of pyridine rings is 1. The Hall–Kier alpha value is -1.42. The Bertz CT molecular complexity index is 414. The van der Waals surface area contributed by atoms with Crippen LogP contribution in [-0.2, 0) is 6.42 Å². The molecule has 0 spiro atoms. The fraction of sp³-hybridized carbons (Fsp3) is 0.111. The van der Waals surface area contributed by atoms with Crippen molar-refractivity contribution in [1.29, 1.82) is 0 Å². The molecule has 66 valence electrons. The van der Waals surface area contributed by atoms with Crippen LogP contribution < -0.4 is 5.73 Å². The summed E-state index contributed by atoms with van der Waals surface area (Å²) in [5, 5.41) is 0. The van der Waals surface area contributed by atoms with Crippen molar-refractivity contribution in [2.75, 3.05) is 0 Å². The van der Waals surface area contributed by atoms with E-state index in [1.54, 1.807) is 0 Å². The van der Waals surface area contributed by atoms with Gasteiger partial charge in [0.2, 0.25) is 0 Å². The molecule has 13 heavy (non-hydrogen) atoms. The minimum Gasteiger partial charge on any atom is -0.393 e. The lowest BCUT2D eigenvalue weighted by atomic mass is 10.3. The number of rotatable bonds is 2. The highest BCUT2D eigenvalue weighted by Crippen LogP contribution is 2.04. The molecule has 2 heterocycles. The average Bonchev–Trinajstić information content (AvgIpc) is 2.44. The molecule has 0 fully saturated rings. The summed E-state index contributed by atoms with van der Waals surface area (Å²) in [5.41, 5.74) is 7.27. The number of imidazole rings is 1. The van der Waals surface area contributed by atoms with Crippen molar-refractivity contribution in [3.05, 3.63) is 36.3 Å². The maximum absolute atomic E-state index is 5.43. The topological polar surface area (TPSA) is 43.3 Å². The SMILES string of the molecule is NC(=S)Cc1cn2ccccc2n1. The zero-order valence-corrected chi connectivity index (χ0v) is 7.79. The van der Waals surface area contributed by atoms with Gasteiger partial charge in [-0.2, -0.15) is 0 Å². The van der Waals surface area contributed by atoms with Crippen LogP contribution in [0.5, 0.6) is 0 Å². The van der Waals surface area contributed by atoms with E-state index in [2.05, 4.69) is 4.98 Å². The van der Waals surface area contributed by atoms with Gasteiger partial charge in [0, 0.05) is 18.8 Å². The van der Waals surface area contributed by atoms with Crippen LogP contribution in [0.2, 0.25) is 0 Å². The molecule has 0 saturated heterocycles. The average molecular weight is 191 g/mol. The largest absolute Gasteiger partial charge is 0.393 e. The molecule has 0 aliphatic rings. The number of hydrogen-bond donors (Lipinski definition) is 1. The van der Waals surface area contributed by atoms with Gasteiger partial charge in [-0.05, 0) is 12.1 Å². The fourth-order valence-corrected chi connectivity index (χ4v) is 1.40. The summed E-state index contributed by atoms with van der Waals surface area (Å²) >= 11 is 4.81. The van der Waals surface area contributed by atoms with Crippen molar-refractivity contribution >= 4 is 22.9 Å². The van der Waals surface area contributed by atoms with Crippen molar-refractivity contribution in [2.24, 2.45) is 5.73 Å². The highest BCUT2D eigenvalue weighted by Gasteiger charge is 2.00. The quantitative estimate of drug-likeness (QED) is 0.724. The molecule has 2 aromatic rings. The molecule has 2 aromatic heterocycles. The first kappa shape index (κ1) is 8.19. The molecule has 0 aliphatic heterocycles. The van der Waals surface area contributed by atoms with Gasteiger partial charge in [0.15, 0.2) is 0 Å². The van der Waals surface area contributed by atoms with E-state index in [9.17, 15) is 0 Å². The smallest absolute Gasteiger partial charge is 0.136 e. The van der Waals surface area contributed by atoms with E-state index in [0.29, 0.717) is 11.4 Å². The maximum atomic E-state index is 5.43. The fourth-order valence-electron chi connectivity index (χ4n) is 1.25. The number of aromatic nitrogens is 2. The van der Waals surface area contributed by atoms with E-state index in [1.807, 2.05) is 35.0 Å². The van der Waals surface area contributed by atoms with Crippen LogP contribution in [0.4, 0.5) is 0 Å². The molecule has 0 saturated carbocycles. The molecule has 0 atom stereocenters. The third kappa shape index (κ3) is 1.67. The lowest BCUT2D eigenvalue weighted by molar-refractivity contribution is 1.18. The summed E-state index contributed by atoms with van der Waals surface area (Å²) in [6.45, 7) is 0.